The van der Waals surface area contributed by atoms with E-state index >= 15 is 0 Å². The number of allylic oxidation sites excluding steroid dienone is 16. The van der Waals surface area contributed by atoms with Crippen LogP contribution in [0.2, 0.25) is 6.04 Å². The van der Waals surface area contributed by atoms with Crippen molar-refractivity contribution in [3.63, 3.8) is 0 Å². The van der Waals surface area contributed by atoms with Gasteiger partial charge in [-0.1, -0.05) is 160 Å². The van der Waals surface area contributed by atoms with Gasteiger partial charge in [0.2, 0.25) is 0 Å². The largest absolute Gasteiger partial charge is 0.145 e. The molecule has 0 saturated carbocycles. The lowest BCUT2D eigenvalue weighted by Crippen LogP contribution is -2.53. The monoisotopic (exact) mass is 462 g/mol. The van der Waals surface area contributed by atoms with Crippen molar-refractivity contribution in [2.45, 2.75) is 57.9 Å². The average Bonchev–Trinajstić information content (AvgIpc) is 3.52. The highest BCUT2D eigenvalue weighted by atomic mass is 28.3. The van der Waals surface area contributed by atoms with Crippen LogP contribution in [0.3, 0.4) is 0 Å². The van der Waals surface area contributed by atoms with E-state index in [0.29, 0.717) is 11.8 Å². The van der Waals surface area contributed by atoms with Crippen molar-refractivity contribution in [3.8, 4) is 0 Å². The number of unbranched alkanes of at least 4 members (excludes halogenated alkanes) is 6. The van der Waals surface area contributed by atoms with Crippen LogP contribution in [-0.2, 0) is 0 Å². The van der Waals surface area contributed by atoms with E-state index in [1.165, 1.54) is 56.6 Å². The number of rotatable bonds is 11. The van der Waals surface area contributed by atoms with E-state index in [4.69, 9.17) is 0 Å². The lowest BCUT2D eigenvalue weighted by Gasteiger charge is -2.39. The fourth-order valence-corrected chi connectivity index (χ4v) is 12.0. The maximum Gasteiger partial charge on any atom is 0.145 e. The van der Waals surface area contributed by atoms with Gasteiger partial charge in [0.15, 0.2) is 0 Å². The zero-order chi connectivity index (χ0) is 23.2. The van der Waals surface area contributed by atoms with Crippen LogP contribution in [0.1, 0.15) is 51.9 Å². The Morgan fingerprint density at radius 2 is 1.47 bits per heavy atom. The maximum atomic E-state index is 2.52. The number of hydrogen-bond donors (Lipinski definition) is 0. The van der Waals surface area contributed by atoms with Crippen LogP contribution in [0.25, 0.3) is 0 Å². The van der Waals surface area contributed by atoms with Gasteiger partial charge in [0.05, 0.1) is 0 Å². The van der Waals surface area contributed by atoms with E-state index in [0.717, 1.165) is 0 Å². The zero-order valence-electron chi connectivity index (χ0n) is 20.6. The van der Waals surface area contributed by atoms with Crippen LogP contribution in [-0.4, -0.2) is 8.07 Å². The number of benzene rings is 1. The number of hydrogen-bond acceptors (Lipinski definition) is 0. The summed E-state index contributed by atoms with van der Waals surface area (Å²) in [5.74, 6) is 0.881. The number of fused-ring (bicyclic) bond motifs is 2. The van der Waals surface area contributed by atoms with E-state index in [1.54, 1.807) is 21.2 Å². The summed E-state index contributed by atoms with van der Waals surface area (Å²) in [6.45, 7) is 2.30. The first-order chi connectivity index (χ1) is 16.8. The highest BCUT2D eigenvalue weighted by Crippen LogP contribution is 2.46. The predicted molar refractivity (Wildman–Crippen MR) is 151 cm³/mol. The van der Waals surface area contributed by atoms with Gasteiger partial charge in [-0.15, -0.1) is 0 Å². The lowest BCUT2D eigenvalue weighted by atomic mass is 9.98. The van der Waals surface area contributed by atoms with Crippen molar-refractivity contribution < 1.29 is 0 Å². The van der Waals surface area contributed by atoms with Gasteiger partial charge in [0.1, 0.15) is 8.07 Å². The van der Waals surface area contributed by atoms with Crippen LogP contribution in [0.4, 0.5) is 0 Å². The normalized spacial score (nSPS) is 23.7. The molecule has 1 heteroatoms. The second-order valence-corrected chi connectivity index (χ2v) is 14.2. The molecule has 0 aliphatic heterocycles. The molecular formula is C33H38Si. The third kappa shape index (κ3) is 4.39. The second kappa shape index (κ2) is 10.7. The minimum atomic E-state index is -2.17. The summed E-state index contributed by atoms with van der Waals surface area (Å²) >= 11 is 0. The minimum Gasteiger partial charge on any atom is -0.0733 e. The van der Waals surface area contributed by atoms with Crippen molar-refractivity contribution in [3.05, 3.63) is 125 Å². The van der Waals surface area contributed by atoms with E-state index in [9.17, 15) is 0 Å². The Morgan fingerprint density at radius 3 is 2.32 bits per heavy atom. The Kier molecular flexibility index (Phi) is 7.30. The third-order valence-electron chi connectivity index (χ3n) is 8.07. The molecule has 4 aliphatic carbocycles. The van der Waals surface area contributed by atoms with Gasteiger partial charge >= 0.3 is 0 Å². The smallest absolute Gasteiger partial charge is 0.0733 e. The van der Waals surface area contributed by atoms with Crippen molar-refractivity contribution in [2.24, 2.45) is 11.8 Å². The highest BCUT2D eigenvalue weighted by Gasteiger charge is 2.47. The summed E-state index contributed by atoms with van der Waals surface area (Å²) in [6, 6.07) is 12.9. The first kappa shape index (κ1) is 23.1. The Balaban J connectivity index is 1.54. The van der Waals surface area contributed by atoms with E-state index in [1.807, 2.05) is 0 Å². The molecule has 5 rings (SSSR count). The van der Waals surface area contributed by atoms with Gasteiger partial charge in [-0.2, -0.15) is 0 Å². The predicted octanol–water partition coefficient (Wildman–Crippen LogP) is 8.39. The van der Waals surface area contributed by atoms with E-state index in [2.05, 4.69) is 110 Å². The van der Waals surface area contributed by atoms with Crippen molar-refractivity contribution in [1.82, 2.24) is 0 Å². The van der Waals surface area contributed by atoms with Gasteiger partial charge in [0.25, 0.3) is 0 Å². The average molecular weight is 463 g/mol. The molecule has 0 saturated heterocycles. The summed E-state index contributed by atoms with van der Waals surface area (Å²) in [4.78, 5) is 0. The molecule has 0 N–H and O–H groups in total. The summed E-state index contributed by atoms with van der Waals surface area (Å²) in [5, 5.41) is 4.93. The van der Waals surface area contributed by atoms with Gasteiger partial charge in [0, 0.05) is 11.8 Å². The molecule has 0 fully saturated rings. The fourth-order valence-electron chi connectivity index (χ4n) is 6.35. The molecule has 1 aromatic carbocycles. The molecule has 4 aliphatic rings. The van der Waals surface area contributed by atoms with Gasteiger partial charge in [-0.25, -0.2) is 0 Å². The molecule has 0 nitrogen and oxygen atoms in total. The van der Waals surface area contributed by atoms with Crippen LogP contribution >= 0.6 is 0 Å². The SMILES string of the molecule is CCCCCCCCC[Si](C1=CC=C2C=CC=CC21)(C1=C2C=CC=CC2C=C1)c1ccccc1. The van der Waals surface area contributed by atoms with E-state index < -0.39 is 8.07 Å². The van der Waals surface area contributed by atoms with Crippen LogP contribution < -0.4 is 5.19 Å². The zero-order valence-corrected chi connectivity index (χ0v) is 21.6. The molecule has 0 amide bonds. The molecule has 3 unspecified atom stereocenters. The summed E-state index contributed by atoms with van der Waals surface area (Å²) in [5.41, 5.74) is 3.01. The highest BCUT2D eigenvalue weighted by molar-refractivity contribution is 7.04. The van der Waals surface area contributed by atoms with Crippen molar-refractivity contribution in [1.29, 1.82) is 0 Å². The maximum absolute atomic E-state index is 2.52. The van der Waals surface area contributed by atoms with Gasteiger partial charge in [-0.05, 0) is 27.6 Å². The topological polar surface area (TPSA) is 0 Å². The van der Waals surface area contributed by atoms with Crippen LogP contribution in [0, 0.1) is 11.8 Å². The molecule has 174 valence electrons. The van der Waals surface area contributed by atoms with Gasteiger partial charge < -0.3 is 0 Å². The summed E-state index contributed by atoms with van der Waals surface area (Å²) < 4.78 is 0. The molecule has 34 heavy (non-hydrogen) atoms. The molecule has 0 bridgehead atoms. The fraction of sp³-hybridized carbons (Fsp3) is 0.333. The molecule has 1 aromatic rings. The quantitative estimate of drug-likeness (QED) is 0.229. The third-order valence-corrected chi connectivity index (χ3v) is 13.3. The standard InChI is InChI=1S/C33H38Si/c1-2-3-4-5-6-7-15-26-34(29-18-9-8-10-19-29,32-24-22-27-16-11-13-20-30(27)32)33-25-23-28-17-12-14-21-31(28)33/h8-14,16-25,27,31H,2-7,15,26H2,1H3. The Morgan fingerprint density at radius 1 is 0.706 bits per heavy atom. The van der Waals surface area contributed by atoms with E-state index in [-0.39, 0.29) is 0 Å². The lowest BCUT2D eigenvalue weighted by molar-refractivity contribution is 0.600. The minimum absolute atomic E-state index is 0.435. The van der Waals surface area contributed by atoms with Gasteiger partial charge in [-0.3, -0.25) is 0 Å². The molecule has 0 heterocycles. The molecule has 3 atom stereocenters. The first-order valence-electron chi connectivity index (χ1n) is 13.4. The van der Waals surface area contributed by atoms with Crippen LogP contribution in [0.5, 0.6) is 0 Å². The van der Waals surface area contributed by atoms with Crippen LogP contribution in [0.15, 0.2) is 125 Å². The van der Waals surface area contributed by atoms with Crippen molar-refractivity contribution in [2.75, 3.05) is 0 Å². The Bertz CT molecular complexity index is 1120. The summed E-state index contributed by atoms with van der Waals surface area (Å²) in [6.07, 6.45) is 37.8. The summed E-state index contributed by atoms with van der Waals surface area (Å²) in [7, 11) is -2.17. The molecular weight excluding hydrogens is 424 g/mol. The Labute approximate surface area is 207 Å². The second-order valence-electron chi connectivity index (χ2n) is 10.2. The Hall–Kier alpha value is -2.64. The molecule has 0 radical (unpaired) electrons. The molecule has 0 spiro atoms. The first-order valence-corrected chi connectivity index (χ1v) is 15.7. The molecule has 0 aromatic heterocycles. The van der Waals surface area contributed by atoms with Crippen molar-refractivity contribution >= 4 is 13.3 Å².